The molecule has 0 aromatic carbocycles. The highest BCUT2D eigenvalue weighted by atomic mass is 16.4. The first-order valence-corrected chi connectivity index (χ1v) is 10.2. The van der Waals surface area contributed by atoms with Gasteiger partial charge in [0.05, 0.1) is 12.6 Å². The number of carbonyl (C=O) groups is 4. The molecule has 2 aliphatic heterocycles. The van der Waals surface area contributed by atoms with E-state index in [-0.39, 0.29) is 30.9 Å². The van der Waals surface area contributed by atoms with Crippen molar-refractivity contribution in [3.63, 3.8) is 0 Å². The molecular formula is C18H31N7O5. The van der Waals surface area contributed by atoms with E-state index in [1.54, 1.807) is 0 Å². The minimum absolute atomic E-state index is 0.0561. The van der Waals surface area contributed by atoms with Crippen LogP contribution in [0.2, 0.25) is 0 Å². The first kappa shape index (κ1) is 23.4. The lowest BCUT2D eigenvalue weighted by molar-refractivity contribution is -0.148. The van der Waals surface area contributed by atoms with E-state index in [4.69, 9.17) is 11.5 Å². The molecule has 8 N–H and O–H groups in total. The maximum Gasteiger partial charge on any atom is 0.326 e. The summed E-state index contributed by atoms with van der Waals surface area (Å²) in [6.07, 6.45) is 3.32. The molecule has 12 heteroatoms. The van der Waals surface area contributed by atoms with Crippen molar-refractivity contribution in [2.24, 2.45) is 16.5 Å². The number of carbonyl (C=O) groups excluding carboxylic acids is 3. The van der Waals surface area contributed by atoms with Crippen LogP contribution in [0.15, 0.2) is 4.99 Å². The summed E-state index contributed by atoms with van der Waals surface area (Å²) in [5.74, 6) is -2.35. The van der Waals surface area contributed by atoms with Gasteiger partial charge < -0.3 is 37.4 Å². The molecule has 30 heavy (non-hydrogen) atoms. The van der Waals surface area contributed by atoms with Gasteiger partial charge in [-0.15, -0.1) is 0 Å². The number of nitrogens with one attached hydrogen (secondary N) is 3. The summed E-state index contributed by atoms with van der Waals surface area (Å²) in [6.45, 7) is 1.06. The van der Waals surface area contributed by atoms with Crippen molar-refractivity contribution in [3.05, 3.63) is 0 Å². The van der Waals surface area contributed by atoms with Gasteiger partial charge in [-0.2, -0.15) is 0 Å². The van der Waals surface area contributed by atoms with Crippen LogP contribution in [-0.4, -0.2) is 84.0 Å². The molecule has 0 aromatic rings. The van der Waals surface area contributed by atoms with Crippen LogP contribution in [0.1, 0.15) is 38.5 Å². The predicted octanol–water partition coefficient (Wildman–Crippen LogP) is -2.53. The van der Waals surface area contributed by atoms with Gasteiger partial charge in [0.2, 0.25) is 17.7 Å². The van der Waals surface area contributed by atoms with Crippen molar-refractivity contribution < 1.29 is 24.3 Å². The number of likely N-dealkylation sites (tertiary alicyclic amines) is 1. The van der Waals surface area contributed by atoms with Gasteiger partial charge in [-0.3, -0.25) is 19.4 Å². The molecule has 0 saturated carbocycles. The fraction of sp³-hybridized carbons (Fsp3) is 0.722. The smallest absolute Gasteiger partial charge is 0.326 e. The largest absolute Gasteiger partial charge is 0.480 e. The minimum atomic E-state index is -1.05. The average molecular weight is 425 g/mol. The second kappa shape index (κ2) is 11.3. The van der Waals surface area contributed by atoms with Crippen LogP contribution in [0.5, 0.6) is 0 Å². The highest BCUT2D eigenvalue weighted by molar-refractivity contribution is 5.92. The standard InChI is InChI=1S/C18H31N7O5/c19-18(20)22-8-2-5-12(24-16(28)11-4-1-7-21-11)15(27)23-10-14(26)25-9-3-6-13(25)17(29)30/h11-13,21H,1-10H2,(H,23,27)(H,24,28)(H,29,30)(H4,19,20,22). The number of hydrogen-bond donors (Lipinski definition) is 6. The third kappa shape index (κ3) is 6.87. The van der Waals surface area contributed by atoms with Gasteiger partial charge in [-0.1, -0.05) is 0 Å². The quantitative estimate of drug-likeness (QED) is 0.125. The SMILES string of the molecule is NC(N)=NCCCC(NC(=O)C1CCCN1)C(=O)NCC(=O)N1CCCC1C(=O)O. The fourth-order valence-electron chi connectivity index (χ4n) is 3.66. The maximum atomic E-state index is 12.6. The third-order valence-electron chi connectivity index (χ3n) is 5.23. The molecule has 3 atom stereocenters. The molecule has 0 aromatic heterocycles. The number of carboxylic acids is 1. The van der Waals surface area contributed by atoms with E-state index in [0.717, 1.165) is 13.0 Å². The molecular weight excluding hydrogens is 394 g/mol. The van der Waals surface area contributed by atoms with Crippen LogP contribution in [0.3, 0.4) is 0 Å². The molecule has 0 radical (unpaired) electrons. The lowest BCUT2D eigenvalue weighted by Crippen LogP contribution is -2.53. The Balaban J connectivity index is 1.91. The van der Waals surface area contributed by atoms with Crippen molar-refractivity contribution in [1.82, 2.24) is 20.9 Å². The zero-order valence-corrected chi connectivity index (χ0v) is 16.9. The number of carboxylic acid groups (broad SMARTS) is 1. The summed E-state index contributed by atoms with van der Waals surface area (Å²) in [6, 6.07) is -2.06. The van der Waals surface area contributed by atoms with Gasteiger partial charge in [0, 0.05) is 13.1 Å². The van der Waals surface area contributed by atoms with E-state index in [9.17, 15) is 24.3 Å². The molecule has 3 amide bonds. The first-order valence-electron chi connectivity index (χ1n) is 10.2. The molecule has 0 aliphatic carbocycles. The lowest BCUT2D eigenvalue weighted by Gasteiger charge is -2.23. The number of aliphatic carboxylic acids is 1. The third-order valence-corrected chi connectivity index (χ3v) is 5.23. The minimum Gasteiger partial charge on any atom is -0.480 e. The fourth-order valence-corrected chi connectivity index (χ4v) is 3.66. The van der Waals surface area contributed by atoms with Gasteiger partial charge >= 0.3 is 5.97 Å². The molecule has 2 saturated heterocycles. The molecule has 3 unspecified atom stereocenters. The van der Waals surface area contributed by atoms with Crippen molar-refractivity contribution in [2.75, 3.05) is 26.2 Å². The number of nitrogens with zero attached hydrogens (tertiary/aromatic N) is 2. The number of guanidine groups is 1. The molecule has 2 fully saturated rings. The van der Waals surface area contributed by atoms with Gasteiger partial charge in [-0.25, -0.2) is 4.79 Å². The van der Waals surface area contributed by atoms with E-state index in [0.29, 0.717) is 38.8 Å². The Labute approximate surface area is 174 Å². The Morgan fingerprint density at radius 2 is 1.97 bits per heavy atom. The summed E-state index contributed by atoms with van der Waals surface area (Å²) in [7, 11) is 0. The van der Waals surface area contributed by atoms with Crippen molar-refractivity contribution in [3.8, 4) is 0 Å². The molecule has 168 valence electrons. The number of rotatable bonds is 10. The molecule has 12 nitrogen and oxygen atoms in total. The topological polar surface area (TPSA) is 192 Å². The van der Waals surface area contributed by atoms with Crippen LogP contribution < -0.4 is 27.4 Å². The summed E-state index contributed by atoms with van der Waals surface area (Å²) >= 11 is 0. The Hall–Kier alpha value is -2.89. The zero-order valence-electron chi connectivity index (χ0n) is 16.9. The van der Waals surface area contributed by atoms with Crippen molar-refractivity contribution >= 4 is 29.7 Å². The first-order chi connectivity index (χ1) is 14.3. The summed E-state index contributed by atoms with van der Waals surface area (Å²) < 4.78 is 0. The normalized spacial score (nSPS) is 21.7. The van der Waals surface area contributed by atoms with Gasteiger partial charge in [-0.05, 0) is 45.1 Å². The van der Waals surface area contributed by atoms with Crippen LogP contribution in [-0.2, 0) is 19.2 Å². The lowest BCUT2D eigenvalue weighted by atomic mass is 10.1. The summed E-state index contributed by atoms with van der Waals surface area (Å²) in [5.41, 5.74) is 10.6. The number of hydrogen-bond acceptors (Lipinski definition) is 6. The van der Waals surface area contributed by atoms with E-state index >= 15 is 0 Å². The highest BCUT2D eigenvalue weighted by Crippen LogP contribution is 2.17. The van der Waals surface area contributed by atoms with Crippen LogP contribution in [0.4, 0.5) is 0 Å². The monoisotopic (exact) mass is 425 g/mol. The van der Waals surface area contributed by atoms with Gasteiger partial charge in [0.25, 0.3) is 0 Å². The van der Waals surface area contributed by atoms with Crippen LogP contribution >= 0.6 is 0 Å². The van der Waals surface area contributed by atoms with Gasteiger partial charge in [0.15, 0.2) is 5.96 Å². The van der Waals surface area contributed by atoms with E-state index in [2.05, 4.69) is 20.9 Å². The molecule has 2 aliphatic rings. The van der Waals surface area contributed by atoms with E-state index in [1.807, 2.05) is 0 Å². The summed E-state index contributed by atoms with van der Waals surface area (Å²) in [5, 5.41) is 17.5. The predicted molar refractivity (Wildman–Crippen MR) is 108 cm³/mol. The van der Waals surface area contributed by atoms with Crippen LogP contribution in [0.25, 0.3) is 0 Å². The Kier molecular flexibility index (Phi) is 8.84. The number of nitrogens with two attached hydrogens (primary N) is 2. The number of aliphatic imine (C=N–C) groups is 1. The van der Waals surface area contributed by atoms with Crippen molar-refractivity contribution in [1.29, 1.82) is 0 Å². The second-order valence-electron chi connectivity index (χ2n) is 7.46. The summed E-state index contributed by atoms with van der Waals surface area (Å²) in [4.78, 5) is 53.8. The number of amides is 3. The highest BCUT2D eigenvalue weighted by Gasteiger charge is 2.34. The Bertz CT molecular complexity index is 674. The van der Waals surface area contributed by atoms with E-state index in [1.165, 1.54) is 4.90 Å². The zero-order chi connectivity index (χ0) is 22.1. The molecule has 0 bridgehead atoms. The molecule has 2 heterocycles. The Morgan fingerprint density at radius 1 is 1.20 bits per heavy atom. The van der Waals surface area contributed by atoms with Gasteiger partial charge in [0.1, 0.15) is 12.1 Å². The molecule has 2 rings (SSSR count). The average Bonchev–Trinajstić information content (AvgIpc) is 3.39. The molecule has 0 spiro atoms. The van der Waals surface area contributed by atoms with Crippen LogP contribution in [0, 0.1) is 0 Å². The van der Waals surface area contributed by atoms with Crippen molar-refractivity contribution in [2.45, 2.75) is 56.7 Å². The van der Waals surface area contributed by atoms with E-state index < -0.39 is 29.9 Å². The Morgan fingerprint density at radius 3 is 2.60 bits per heavy atom. The second-order valence-corrected chi connectivity index (χ2v) is 7.46. The maximum absolute atomic E-state index is 12.6.